The van der Waals surface area contributed by atoms with Gasteiger partial charge in [0.1, 0.15) is 6.04 Å². The Hall–Kier alpha value is -0.750. The SMILES string of the molecule is CC(=O)NC(CSCCC(C)O)C(=O)O. The van der Waals surface area contributed by atoms with E-state index < -0.39 is 12.0 Å². The molecule has 0 saturated carbocycles. The number of thioether (sulfide) groups is 1. The molecular weight excluding hydrogens is 218 g/mol. The molecule has 0 rings (SSSR count). The van der Waals surface area contributed by atoms with E-state index in [4.69, 9.17) is 10.2 Å². The lowest BCUT2D eigenvalue weighted by Gasteiger charge is -2.12. The summed E-state index contributed by atoms with van der Waals surface area (Å²) in [4.78, 5) is 21.4. The summed E-state index contributed by atoms with van der Waals surface area (Å²) in [7, 11) is 0. The molecule has 1 amide bonds. The van der Waals surface area contributed by atoms with Crippen molar-refractivity contribution in [2.75, 3.05) is 11.5 Å². The standard InChI is InChI=1S/C9H17NO4S/c1-6(11)3-4-15-5-8(9(13)14)10-7(2)12/h6,8,11H,3-5H2,1-2H3,(H,10,12)(H,13,14). The zero-order chi connectivity index (χ0) is 11.8. The maximum absolute atomic E-state index is 10.7. The fourth-order valence-electron chi connectivity index (χ4n) is 0.875. The van der Waals surface area contributed by atoms with Crippen molar-refractivity contribution >= 4 is 23.6 Å². The predicted octanol–water partition coefficient (Wildman–Crippen LogP) is 0.0798. The van der Waals surface area contributed by atoms with Gasteiger partial charge in [-0.25, -0.2) is 4.79 Å². The molecule has 0 aliphatic heterocycles. The number of carbonyl (C=O) groups is 2. The van der Waals surface area contributed by atoms with Crippen molar-refractivity contribution in [2.24, 2.45) is 0 Å². The van der Waals surface area contributed by atoms with Crippen LogP contribution in [0, 0.1) is 0 Å². The van der Waals surface area contributed by atoms with Gasteiger partial charge in [0, 0.05) is 12.7 Å². The van der Waals surface area contributed by atoms with Crippen LogP contribution in [0.25, 0.3) is 0 Å². The molecule has 0 heterocycles. The second-order valence-electron chi connectivity index (χ2n) is 3.30. The molecule has 2 unspecified atom stereocenters. The van der Waals surface area contributed by atoms with Crippen molar-refractivity contribution in [1.29, 1.82) is 0 Å². The summed E-state index contributed by atoms with van der Waals surface area (Å²) in [6.45, 7) is 2.97. The summed E-state index contributed by atoms with van der Waals surface area (Å²) < 4.78 is 0. The highest BCUT2D eigenvalue weighted by Gasteiger charge is 2.17. The minimum Gasteiger partial charge on any atom is -0.480 e. The molecule has 0 saturated heterocycles. The van der Waals surface area contributed by atoms with Crippen molar-refractivity contribution in [3.05, 3.63) is 0 Å². The number of aliphatic hydroxyl groups excluding tert-OH is 1. The Morgan fingerprint density at radius 1 is 1.47 bits per heavy atom. The molecule has 0 fully saturated rings. The molecule has 0 aromatic carbocycles. The van der Waals surface area contributed by atoms with Gasteiger partial charge in [-0.3, -0.25) is 4.79 Å². The molecule has 0 aliphatic carbocycles. The normalized spacial score (nSPS) is 14.3. The number of aliphatic hydroxyl groups is 1. The van der Waals surface area contributed by atoms with Crippen LogP contribution in [0.5, 0.6) is 0 Å². The quantitative estimate of drug-likeness (QED) is 0.544. The molecule has 0 spiro atoms. The topological polar surface area (TPSA) is 86.6 Å². The van der Waals surface area contributed by atoms with Crippen molar-refractivity contribution in [3.8, 4) is 0 Å². The summed E-state index contributed by atoms with van der Waals surface area (Å²) in [5, 5.41) is 20.1. The highest BCUT2D eigenvalue weighted by Crippen LogP contribution is 2.07. The minimum absolute atomic E-state index is 0.321. The lowest BCUT2D eigenvalue weighted by Crippen LogP contribution is -2.41. The maximum atomic E-state index is 10.7. The van der Waals surface area contributed by atoms with Gasteiger partial charge < -0.3 is 15.5 Å². The summed E-state index contributed by atoms with van der Waals surface area (Å²) in [5.74, 6) is -0.379. The van der Waals surface area contributed by atoms with Crippen LogP contribution in [0.1, 0.15) is 20.3 Å². The van der Waals surface area contributed by atoms with Crippen LogP contribution in [0.2, 0.25) is 0 Å². The number of amides is 1. The van der Waals surface area contributed by atoms with E-state index in [-0.39, 0.29) is 12.0 Å². The van der Waals surface area contributed by atoms with Gasteiger partial charge in [0.2, 0.25) is 5.91 Å². The van der Waals surface area contributed by atoms with Crippen molar-refractivity contribution < 1.29 is 19.8 Å². The van der Waals surface area contributed by atoms with Crippen LogP contribution in [-0.4, -0.2) is 45.7 Å². The van der Waals surface area contributed by atoms with E-state index >= 15 is 0 Å². The van der Waals surface area contributed by atoms with Gasteiger partial charge in [0.25, 0.3) is 0 Å². The first-order chi connectivity index (χ1) is 6.93. The van der Waals surface area contributed by atoms with Crippen molar-refractivity contribution in [1.82, 2.24) is 5.32 Å². The van der Waals surface area contributed by atoms with Crippen LogP contribution in [0.15, 0.2) is 0 Å². The highest BCUT2D eigenvalue weighted by molar-refractivity contribution is 7.99. The first-order valence-corrected chi connectivity index (χ1v) is 5.84. The fourth-order valence-corrected chi connectivity index (χ4v) is 2.01. The lowest BCUT2D eigenvalue weighted by molar-refractivity contribution is -0.140. The van der Waals surface area contributed by atoms with Crippen molar-refractivity contribution in [3.63, 3.8) is 0 Å². The Kier molecular flexibility index (Phi) is 7.15. The van der Waals surface area contributed by atoms with Crippen LogP contribution in [0.4, 0.5) is 0 Å². The Balaban J connectivity index is 3.77. The Bertz CT molecular complexity index is 220. The molecule has 15 heavy (non-hydrogen) atoms. The van der Waals surface area contributed by atoms with Crippen LogP contribution in [0.3, 0.4) is 0 Å². The van der Waals surface area contributed by atoms with Crippen LogP contribution >= 0.6 is 11.8 Å². The van der Waals surface area contributed by atoms with E-state index in [1.54, 1.807) is 6.92 Å². The molecule has 0 aliphatic rings. The van der Waals surface area contributed by atoms with E-state index in [1.165, 1.54) is 18.7 Å². The number of carbonyl (C=O) groups excluding carboxylic acids is 1. The smallest absolute Gasteiger partial charge is 0.327 e. The average Bonchev–Trinajstić information content (AvgIpc) is 2.08. The molecule has 0 aromatic heterocycles. The number of carboxylic acid groups (broad SMARTS) is 1. The van der Waals surface area contributed by atoms with Gasteiger partial charge in [0.05, 0.1) is 6.10 Å². The number of rotatable bonds is 7. The van der Waals surface area contributed by atoms with E-state index in [1.807, 2.05) is 0 Å². The monoisotopic (exact) mass is 235 g/mol. The second kappa shape index (κ2) is 7.53. The number of carboxylic acids is 1. The van der Waals surface area contributed by atoms with Gasteiger partial charge in [-0.1, -0.05) is 0 Å². The van der Waals surface area contributed by atoms with Gasteiger partial charge in [-0.2, -0.15) is 11.8 Å². The largest absolute Gasteiger partial charge is 0.480 e. The minimum atomic E-state index is -1.03. The van der Waals surface area contributed by atoms with Gasteiger partial charge in [-0.05, 0) is 19.1 Å². The van der Waals surface area contributed by atoms with Crippen LogP contribution < -0.4 is 5.32 Å². The number of aliphatic carboxylic acids is 1. The molecule has 0 radical (unpaired) electrons. The third kappa shape index (κ3) is 8.26. The zero-order valence-electron chi connectivity index (χ0n) is 8.90. The lowest BCUT2D eigenvalue weighted by atomic mass is 10.3. The van der Waals surface area contributed by atoms with E-state index in [0.717, 1.165) is 0 Å². The molecule has 0 bridgehead atoms. The number of hydrogen-bond acceptors (Lipinski definition) is 4. The second-order valence-corrected chi connectivity index (χ2v) is 4.45. The average molecular weight is 235 g/mol. The molecule has 88 valence electrons. The first kappa shape index (κ1) is 14.2. The van der Waals surface area contributed by atoms with Gasteiger partial charge >= 0.3 is 5.97 Å². The highest BCUT2D eigenvalue weighted by atomic mass is 32.2. The molecule has 2 atom stereocenters. The Morgan fingerprint density at radius 3 is 2.47 bits per heavy atom. The van der Waals surface area contributed by atoms with Crippen LogP contribution in [-0.2, 0) is 9.59 Å². The fraction of sp³-hybridized carbons (Fsp3) is 0.778. The molecule has 0 aromatic rings. The zero-order valence-corrected chi connectivity index (χ0v) is 9.71. The number of hydrogen-bond donors (Lipinski definition) is 3. The van der Waals surface area contributed by atoms with Gasteiger partial charge in [-0.15, -0.1) is 0 Å². The van der Waals surface area contributed by atoms with E-state index in [9.17, 15) is 9.59 Å². The Labute approximate surface area is 93.2 Å². The first-order valence-electron chi connectivity index (χ1n) is 4.69. The molecule has 6 heteroatoms. The predicted molar refractivity (Wildman–Crippen MR) is 58.9 cm³/mol. The van der Waals surface area contributed by atoms with E-state index in [2.05, 4.69) is 5.32 Å². The van der Waals surface area contributed by atoms with Gasteiger partial charge in [0.15, 0.2) is 0 Å². The summed E-state index contributed by atoms with van der Waals surface area (Å²) >= 11 is 1.40. The molecular formula is C9H17NO4S. The maximum Gasteiger partial charge on any atom is 0.327 e. The molecule has 5 nitrogen and oxygen atoms in total. The summed E-state index contributed by atoms with van der Waals surface area (Å²) in [5.41, 5.74) is 0. The third-order valence-corrected chi connectivity index (χ3v) is 2.73. The van der Waals surface area contributed by atoms with E-state index in [0.29, 0.717) is 17.9 Å². The molecule has 3 N–H and O–H groups in total. The Morgan fingerprint density at radius 2 is 2.07 bits per heavy atom. The number of nitrogens with one attached hydrogen (secondary N) is 1. The van der Waals surface area contributed by atoms with Crippen molar-refractivity contribution in [2.45, 2.75) is 32.4 Å². The third-order valence-electron chi connectivity index (χ3n) is 1.64. The summed E-state index contributed by atoms with van der Waals surface area (Å²) in [6, 6.07) is -0.846. The summed E-state index contributed by atoms with van der Waals surface area (Å²) in [6.07, 6.45) is 0.249.